The van der Waals surface area contributed by atoms with Crippen molar-refractivity contribution in [1.29, 1.82) is 0 Å². The molecule has 0 spiro atoms. The zero-order chi connectivity index (χ0) is 12.1. The molecule has 2 nitrogen and oxygen atoms in total. The number of carbonyl (C=O) groups excluding carboxylic acids is 2. The molecule has 0 unspecified atom stereocenters. The van der Waals surface area contributed by atoms with Crippen LogP contribution >= 0.6 is 0 Å². The molecule has 0 atom stereocenters. The van der Waals surface area contributed by atoms with Gasteiger partial charge in [0.2, 0.25) is 0 Å². The summed E-state index contributed by atoms with van der Waals surface area (Å²) in [4.78, 5) is 20.9. The summed E-state index contributed by atoms with van der Waals surface area (Å²) in [5.74, 6) is 0.592. The second-order valence-corrected chi connectivity index (χ2v) is 3.32. The van der Waals surface area contributed by atoms with Crippen molar-refractivity contribution in [2.75, 3.05) is 0 Å². The van der Waals surface area contributed by atoms with Gasteiger partial charge < -0.3 is 0 Å². The maximum atomic E-state index is 10.6. The molecule has 0 aliphatic rings. The Morgan fingerprint density at radius 2 is 1.67 bits per heavy atom. The molecule has 0 aliphatic heterocycles. The van der Waals surface area contributed by atoms with Crippen molar-refractivity contribution in [2.24, 2.45) is 0 Å². The average molecular weight is 212 g/mol. The Morgan fingerprint density at radius 3 is 1.93 bits per heavy atom. The molecular formula is C13H24O2. The molecule has 0 aromatic carbocycles. The van der Waals surface area contributed by atoms with Crippen molar-refractivity contribution in [3.8, 4) is 0 Å². The first-order valence-corrected chi connectivity index (χ1v) is 5.79. The summed E-state index contributed by atoms with van der Waals surface area (Å²) in [6.45, 7) is 7.71. The van der Waals surface area contributed by atoms with Gasteiger partial charge in [0.1, 0.15) is 5.78 Å². The van der Waals surface area contributed by atoms with E-state index in [9.17, 15) is 9.59 Å². The fraction of sp³-hybridized carbons (Fsp3) is 0.692. The Kier molecular flexibility index (Phi) is 14.4. The number of allylic oxidation sites excluding steroid dienone is 2. The van der Waals surface area contributed by atoms with Crippen molar-refractivity contribution >= 4 is 11.6 Å². The van der Waals surface area contributed by atoms with Crippen molar-refractivity contribution < 1.29 is 9.59 Å². The SMILES string of the molecule is CC=CC(=O)CC.CCCCC(=O)CC. The van der Waals surface area contributed by atoms with Gasteiger partial charge in [0, 0.05) is 19.3 Å². The summed E-state index contributed by atoms with van der Waals surface area (Å²) in [7, 11) is 0. The summed E-state index contributed by atoms with van der Waals surface area (Å²) in [5.41, 5.74) is 0. The second-order valence-electron chi connectivity index (χ2n) is 3.32. The molecule has 0 aromatic rings. The highest BCUT2D eigenvalue weighted by atomic mass is 16.1. The Morgan fingerprint density at radius 1 is 1.07 bits per heavy atom. The van der Waals surface area contributed by atoms with Gasteiger partial charge in [-0.05, 0) is 19.4 Å². The summed E-state index contributed by atoms with van der Waals surface area (Å²) in [6, 6.07) is 0. The molecule has 0 bridgehead atoms. The van der Waals surface area contributed by atoms with Gasteiger partial charge in [0.05, 0.1) is 0 Å². The monoisotopic (exact) mass is 212 g/mol. The standard InChI is InChI=1S/C7H14O.C6H10O/c1-3-5-6-7(8)4-2;1-3-5-6(7)4-2/h3-6H2,1-2H3;3,5H,4H2,1-2H3. The molecule has 0 aliphatic carbocycles. The van der Waals surface area contributed by atoms with Crippen molar-refractivity contribution in [1.82, 2.24) is 0 Å². The maximum Gasteiger partial charge on any atom is 0.155 e. The molecule has 0 saturated carbocycles. The van der Waals surface area contributed by atoms with Gasteiger partial charge in [0.25, 0.3) is 0 Å². The number of hydrogen-bond acceptors (Lipinski definition) is 2. The van der Waals surface area contributed by atoms with Crippen LogP contribution in [0.3, 0.4) is 0 Å². The number of hydrogen-bond donors (Lipinski definition) is 0. The number of carbonyl (C=O) groups is 2. The lowest BCUT2D eigenvalue weighted by atomic mass is 10.1. The van der Waals surface area contributed by atoms with Gasteiger partial charge in [-0.3, -0.25) is 9.59 Å². The molecule has 0 saturated heterocycles. The van der Waals surface area contributed by atoms with Crippen LogP contribution in [0.5, 0.6) is 0 Å². The fourth-order valence-electron chi connectivity index (χ4n) is 0.854. The summed E-state index contributed by atoms with van der Waals surface area (Å²) >= 11 is 0. The highest BCUT2D eigenvalue weighted by Gasteiger charge is 1.93. The zero-order valence-corrected chi connectivity index (χ0v) is 10.5. The minimum absolute atomic E-state index is 0.197. The van der Waals surface area contributed by atoms with Crippen LogP contribution in [-0.2, 0) is 9.59 Å². The molecular weight excluding hydrogens is 188 g/mol. The highest BCUT2D eigenvalue weighted by Crippen LogP contribution is 1.96. The quantitative estimate of drug-likeness (QED) is 0.629. The van der Waals surface area contributed by atoms with Crippen LogP contribution < -0.4 is 0 Å². The summed E-state index contributed by atoms with van der Waals surface area (Å²) in [5, 5.41) is 0. The summed E-state index contributed by atoms with van der Waals surface area (Å²) in [6.07, 6.45) is 7.64. The number of ketones is 2. The maximum absolute atomic E-state index is 10.6. The molecule has 0 heterocycles. The molecule has 0 radical (unpaired) electrons. The highest BCUT2D eigenvalue weighted by molar-refractivity contribution is 5.89. The van der Waals surface area contributed by atoms with E-state index < -0.39 is 0 Å². The van der Waals surface area contributed by atoms with Gasteiger partial charge in [0.15, 0.2) is 5.78 Å². The third kappa shape index (κ3) is 15.8. The second kappa shape index (κ2) is 13.1. The van der Waals surface area contributed by atoms with Crippen LogP contribution in [0.2, 0.25) is 0 Å². The van der Waals surface area contributed by atoms with Gasteiger partial charge in [-0.2, -0.15) is 0 Å². The van der Waals surface area contributed by atoms with Gasteiger partial charge >= 0.3 is 0 Å². The zero-order valence-electron chi connectivity index (χ0n) is 10.5. The Labute approximate surface area is 93.8 Å². The topological polar surface area (TPSA) is 34.1 Å². The van der Waals surface area contributed by atoms with Crippen LogP contribution in [0, 0.1) is 0 Å². The summed E-state index contributed by atoms with van der Waals surface area (Å²) < 4.78 is 0. The smallest absolute Gasteiger partial charge is 0.155 e. The van der Waals surface area contributed by atoms with Crippen molar-refractivity contribution in [3.05, 3.63) is 12.2 Å². The van der Waals surface area contributed by atoms with E-state index in [1.807, 2.05) is 20.8 Å². The van der Waals surface area contributed by atoms with Crippen molar-refractivity contribution in [3.63, 3.8) is 0 Å². The largest absolute Gasteiger partial charge is 0.300 e. The van der Waals surface area contributed by atoms with E-state index in [-0.39, 0.29) is 5.78 Å². The molecule has 0 N–H and O–H groups in total. The van der Waals surface area contributed by atoms with Gasteiger partial charge in [-0.1, -0.05) is 33.3 Å². The third-order valence-electron chi connectivity index (χ3n) is 1.90. The number of rotatable bonds is 6. The normalized spacial score (nSPS) is 9.60. The predicted octanol–water partition coefficient (Wildman–Crippen LogP) is 3.70. The minimum Gasteiger partial charge on any atom is -0.300 e. The molecule has 2 heteroatoms. The van der Waals surface area contributed by atoms with Crippen molar-refractivity contribution in [2.45, 2.75) is 59.8 Å². The van der Waals surface area contributed by atoms with Gasteiger partial charge in [-0.15, -0.1) is 0 Å². The van der Waals surface area contributed by atoms with E-state index in [0.717, 1.165) is 19.3 Å². The van der Waals surface area contributed by atoms with E-state index in [1.54, 1.807) is 12.2 Å². The Hall–Kier alpha value is -0.920. The van der Waals surface area contributed by atoms with Crippen LogP contribution in [-0.4, -0.2) is 11.6 Å². The van der Waals surface area contributed by atoms with E-state index in [1.165, 1.54) is 0 Å². The van der Waals surface area contributed by atoms with Crippen LogP contribution in [0.1, 0.15) is 59.8 Å². The molecule has 0 aromatic heterocycles. The third-order valence-corrected chi connectivity index (χ3v) is 1.90. The van der Waals surface area contributed by atoms with E-state index in [2.05, 4.69) is 6.92 Å². The average Bonchev–Trinajstić information content (AvgIpc) is 2.26. The minimum atomic E-state index is 0.197. The molecule has 88 valence electrons. The Balaban J connectivity index is 0. The molecule has 0 fully saturated rings. The first kappa shape index (κ1) is 16.5. The fourth-order valence-corrected chi connectivity index (χ4v) is 0.854. The first-order chi connectivity index (χ1) is 7.12. The Bertz CT molecular complexity index is 193. The van der Waals surface area contributed by atoms with Gasteiger partial charge in [-0.25, -0.2) is 0 Å². The molecule has 0 rings (SSSR count). The van der Waals surface area contributed by atoms with Crippen LogP contribution in [0.25, 0.3) is 0 Å². The first-order valence-electron chi connectivity index (χ1n) is 5.79. The van der Waals surface area contributed by atoms with E-state index in [4.69, 9.17) is 0 Å². The van der Waals surface area contributed by atoms with Crippen LogP contribution in [0.15, 0.2) is 12.2 Å². The van der Waals surface area contributed by atoms with Crippen LogP contribution in [0.4, 0.5) is 0 Å². The lowest BCUT2D eigenvalue weighted by molar-refractivity contribution is -0.119. The lowest BCUT2D eigenvalue weighted by Gasteiger charge is -1.91. The molecule has 0 amide bonds. The number of Topliss-reactive ketones (excluding diaryl/α,β-unsaturated/α-hetero) is 1. The predicted molar refractivity (Wildman–Crippen MR) is 64.9 cm³/mol. The van der Waals surface area contributed by atoms with E-state index in [0.29, 0.717) is 18.6 Å². The van der Waals surface area contributed by atoms with E-state index >= 15 is 0 Å². The number of unbranched alkanes of at least 4 members (excludes halogenated alkanes) is 1. The lowest BCUT2D eigenvalue weighted by Crippen LogP contribution is -1.92. The molecule has 15 heavy (non-hydrogen) atoms.